The molecule has 0 saturated carbocycles. The van der Waals surface area contributed by atoms with E-state index in [0.29, 0.717) is 5.69 Å². The zero-order valence-corrected chi connectivity index (χ0v) is 9.44. The van der Waals surface area contributed by atoms with Crippen LogP contribution in [0.5, 0.6) is 0 Å². The minimum absolute atomic E-state index is 0.645. The first kappa shape index (κ1) is 9.84. The number of hydrogen-bond donors (Lipinski definition) is 2. The summed E-state index contributed by atoms with van der Waals surface area (Å²) in [5, 5.41) is 1.14. The van der Waals surface area contributed by atoms with Crippen molar-refractivity contribution in [2.45, 2.75) is 6.92 Å². The number of nitrogens with two attached hydrogens (primary N) is 1. The summed E-state index contributed by atoms with van der Waals surface area (Å²) in [5.41, 5.74) is 10.3. The molecular weight excluding hydrogens is 212 g/mol. The topological polar surface area (TPSA) is 67.6 Å². The number of H-pyrrole nitrogens is 1. The van der Waals surface area contributed by atoms with Crippen molar-refractivity contribution >= 4 is 16.7 Å². The van der Waals surface area contributed by atoms with Gasteiger partial charge in [-0.3, -0.25) is 4.98 Å². The van der Waals surface area contributed by atoms with Crippen molar-refractivity contribution in [1.82, 2.24) is 15.0 Å². The van der Waals surface area contributed by atoms with Crippen LogP contribution < -0.4 is 5.73 Å². The number of rotatable bonds is 1. The molecule has 0 atom stereocenters. The number of nitrogens with one attached hydrogen (secondary N) is 1. The van der Waals surface area contributed by atoms with Crippen LogP contribution in [0, 0.1) is 6.92 Å². The number of nitrogen functional groups attached to an aromatic ring is 1. The minimum atomic E-state index is 0.645. The van der Waals surface area contributed by atoms with E-state index >= 15 is 0 Å². The van der Waals surface area contributed by atoms with Gasteiger partial charge >= 0.3 is 0 Å². The molecule has 3 N–H and O–H groups in total. The largest absolute Gasteiger partial charge is 0.397 e. The van der Waals surface area contributed by atoms with E-state index in [1.807, 2.05) is 18.3 Å². The van der Waals surface area contributed by atoms with Gasteiger partial charge in [0.05, 0.1) is 11.4 Å². The van der Waals surface area contributed by atoms with Gasteiger partial charge < -0.3 is 10.7 Å². The SMILES string of the molecule is Cc1c[nH]c2nc(-c3cncc(N)c3)ccc12. The molecule has 0 aliphatic rings. The second-order valence-electron chi connectivity index (χ2n) is 4.07. The lowest BCUT2D eigenvalue weighted by molar-refractivity contribution is 1.28. The smallest absolute Gasteiger partial charge is 0.138 e. The molecule has 84 valence electrons. The van der Waals surface area contributed by atoms with E-state index in [0.717, 1.165) is 22.3 Å². The van der Waals surface area contributed by atoms with E-state index in [1.54, 1.807) is 12.4 Å². The molecule has 3 aromatic rings. The van der Waals surface area contributed by atoms with Crippen LogP contribution in [-0.4, -0.2) is 15.0 Å². The maximum Gasteiger partial charge on any atom is 0.138 e. The van der Waals surface area contributed by atoms with Gasteiger partial charge in [-0.2, -0.15) is 0 Å². The number of nitrogens with zero attached hydrogens (tertiary/aromatic N) is 2. The third-order valence-corrected chi connectivity index (χ3v) is 2.80. The average molecular weight is 224 g/mol. The lowest BCUT2D eigenvalue weighted by Crippen LogP contribution is -1.90. The number of aryl methyl sites for hydroxylation is 1. The fraction of sp³-hybridized carbons (Fsp3) is 0.0769. The van der Waals surface area contributed by atoms with E-state index in [9.17, 15) is 0 Å². The highest BCUT2D eigenvalue weighted by Crippen LogP contribution is 2.22. The fourth-order valence-corrected chi connectivity index (χ4v) is 1.90. The van der Waals surface area contributed by atoms with E-state index in [-0.39, 0.29) is 0 Å². The van der Waals surface area contributed by atoms with Crippen LogP contribution in [0.1, 0.15) is 5.56 Å². The number of pyridine rings is 2. The van der Waals surface area contributed by atoms with Crippen LogP contribution in [0.15, 0.2) is 36.8 Å². The molecule has 0 aromatic carbocycles. The molecule has 4 nitrogen and oxygen atoms in total. The number of aromatic amines is 1. The van der Waals surface area contributed by atoms with Crippen LogP contribution in [0.2, 0.25) is 0 Å². The van der Waals surface area contributed by atoms with Crippen molar-refractivity contribution in [3.8, 4) is 11.3 Å². The normalized spacial score (nSPS) is 10.9. The summed E-state index contributed by atoms with van der Waals surface area (Å²) >= 11 is 0. The lowest BCUT2D eigenvalue weighted by Gasteiger charge is -2.01. The molecule has 17 heavy (non-hydrogen) atoms. The average Bonchev–Trinajstić information content (AvgIpc) is 2.71. The van der Waals surface area contributed by atoms with E-state index in [1.165, 1.54) is 5.56 Å². The van der Waals surface area contributed by atoms with Crippen LogP contribution in [0.3, 0.4) is 0 Å². The van der Waals surface area contributed by atoms with Gasteiger partial charge in [0.2, 0.25) is 0 Å². The highest BCUT2D eigenvalue weighted by molar-refractivity contribution is 5.82. The summed E-state index contributed by atoms with van der Waals surface area (Å²) in [6.07, 6.45) is 5.35. The third-order valence-electron chi connectivity index (χ3n) is 2.80. The molecule has 0 saturated heterocycles. The Labute approximate surface area is 98.5 Å². The Bertz CT molecular complexity index is 685. The second-order valence-corrected chi connectivity index (χ2v) is 4.07. The van der Waals surface area contributed by atoms with Crippen molar-refractivity contribution in [3.63, 3.8) is 0 Å². The number of hydrogen-bond acceptors (Lipinski definition) is 3. The van der Waals surface area contributed by atoms with Gasteiger partial charge in [-0.05, 0) is 30.7 Å². The molecule has 0 spiro atoms. The van der Waals surface area contributed by atoms with Crippen molar-refractivity contribution < 1.29 is 0 Å². The maximum absolute atomic E-state index is 5.71. The van der Waals surface area contributed by atoms with E-state index in [2.05, 4.69) is 27.9 Å². The Balaban J connectivity index is 2.18. The summed E-state index contributed by atoms with van der Waals surface area (Å²) in [6, 6.07) is 5.92. The van der Waals surface area contributed by atoms with Crippen LogP contribution in [0.4, 0.5) is 5.69 Å². The summed E-state index contributed by atoms with van der Waals surface area (Å²) in [6.45, 7) is 2.06. The van der Waals surface area contributed by atoms with Gasteiger partial charge in [0.25, 0.3) is 0 Å². The van der Waals surface area contributed by atoms with Crippen LogP contribution in [-0.2, 0) is 0 Å². The van der Waals surface area contributed by atoms with Crippen molar-refractivity contribution in [3.05, 3.63) is 42.4 Å². The molecule has 0 fully saturated rings. The van der Waals surface area contributed by atoms with Gasteiger partial charge in [0, 0.05) is 29.5 Å². The number of aromatic nitrogens is 3. The van der Waals surface area contributed by atoms with Crippen molar-refractivity contribution in [2.75, 3.05) is 5.73 Å². The Hall–Kier alpha value is -2.36. The van der Waals surface area contributed by atoms with E-state index < -0.39 is 0 Å². The summed E-state index contributed by atoms with van der Waals surface area (Å²) in [7, 11) is 0. The highest BCUT2D eigenvalue weighted by atomic mass is 14.9. The molecule has 0 radical (unpaired) electrons. The first-order chi connectivity index (χ1) is 8.24. The molecule has 0 aliphatic heterocycles. The molecule has 0 unspecified atom stereocenters. The fourth-order valence-electron chi connectivity index (χ4n) is 1.90. The molecule has 3 aromatic heterocycles. The predicted octanol–water partition coefficient (Wildman–Crippen LogP) is 2.52. The monoisotopic (exact) mass is 224 g/mol. The highest BCUT2D eigenvalue weighted by Gasteiger charge is 2.04. The first-order valence-corrected chi connectivity index (χ1v) is 5.40. The maximum atomic E-state index is 5.71. The quantitative estimate of drug-likeness (QED) is 0.667. The van der Waals surface area contributed by atoms with Gasteiger partial charge in [-0.15, -0.1) is 0 Å². The second kappa shape index (κ2) is 3.59. The molecule has 3 heterocycles. The predicted molar refractivity (Wildman–Crippen MR) is 68.5 cm³/mol. The molecule has 0 bridgehead atoms. The van der Waals surface area contributed by atoms with Crippen LogP contribution in [0.25, 0.3) is 22.3 Å². The Morgan fingerprint density at radius 1 is 1.24 bits per heavy atom. The number of anilines is 1. The Morgan fingerprint density at radius 3 is 2.94 bits per heavy atom. The first-order valence-electron chi connectivity index (χ1n) is 5.40. The lowest BCUT2D eigenvalue weighted by atomic mass is 10.1. The molecule has 3 rings (SSSR count). The van der Waals surface area contributed by atoms with Crippen molar-refractivity contribution in [1.29, 1.82) is 0 Å². The zero-order valence-electron chi connectivity index (χ0n) is 9.44. The Kier molecular flexibility index (Phi) is 2.08. The molecule has 0 aliphatic carbocycles. The molecule has 0 amide bonds. The number of fused-ring (bicyclic) bond motifs is 1. The van der Waals surface area contributed by atoms with E-state index in [4.69, 9.17) is 5.73 Å². The van der Waals surface area contributed by atoms with Crippen LogP contribution >= 0.6 is 0 Å². The van der Waals surface area contributed by atoms with Gasteiger partial charge in [-0.1, -0.05) is 0 Å². The van der Waals surface area contributed by atoms with Gasteiger partial charge in [0.1, 0.15) is 5.65 Å². The third kappa shape index (κ3) is 1.63. The molecular formula is C13H12N4. The zero-order chi connectivity index (χ0) is 11.8. The van der Waals surface area contributed by atoms with Gasteiger partial charge in [-0.25, -0.2) is 4.98 Å². The summed E-state index contributed by atoms with van der Waals surface area (Å²) < 4.78 is 0. The minimum Gasteiger partial charge on any atom is -0.397 e. The Morgan fingerprint density at radius 2 is 2.12 bits per heavy atom. The summed E-state index contributed by atoms with van der Waals surface area (Å²) in [4.78, 5) is 11.8. The molecule has 4 heteroatoms. The standard InChI is InChI=1S/C13H12N4/c1-8-5-16-13-11(8)2-3-12(17-13)9-4-10(14)7-15-6-9/h2-7H,14H2,1H3,(H,16,17). The van der Waals surface area contributed by atoms with Crippen molar-refractivity contribution in [2.24, 2.45) is 0 Å². The van der Waals surface area contributed by atoms with Gasteiger partial charge in [0.15, 0.2) is 0 Å². The summed E-state index contributed by atoms with van der Waals surface area (Å²) in [5.74, 6) is 0.